The van der Waals surface area contributed by atoms with E-state index in [-0.39, 0.29) is 17.4 Å². The number of anilines is 1. The molecule has 2 rings (SSSR count). The molecule has 1 heterocycles. The molecule has 2 N–H and O–H groups in total. The molecule has 1 aromatic carbocycles. The molecule has 0 fully saturated rings. The Morgan fingerprint density at radius 3 is 2.22 bits per heavy atom. The number of pyridine rings is 1. The normalized spacial score (nSPS) is 11.0. The van der Waals surface area contributed by atoms with Gasteiger partial charge >= 0.3 is 0 Å². The summed E-state index contributed by atoms with van der Waals surface area (Å²) in [6.45, 7) is 5.77. The second-order valence-corrected chi connectivity index (χ2v) is 7.04. The lowest BCUT2D eigenvalue weighted by Crippen LogP contribution is -2.40. The van der Waals surface area contributed by atoms with Gasteiger partial charge in [0.2, 0.25) is 0 Å². The van der Waals surface area contributed by atoms with Crippen molar-refractivity contribution in [3.63, 3.8) is 0 Å². The van der Waals surface area contributed by atoms with Crippen molar-refractivity contribution in [1.82, 2.24) is 10.3 Å². The highest BCUT2D eigenvalue weighted by Crippen LogP contribution is 2.14. The van der Waals surface area contributed by atoms with Crippen LogP contribution in [0, 0.1) is 0 Å². The molecule has 1 aromatic heterocycles. The minimum atomic E-state index is -0.294. The van der Waals surface area contributed by atoms with Gasteiger partial charge in [0.05, 0.1) is 5.56 Å². The molecule has 0 unspecified atom stereocenters. The standard InChI is InChI=1S/C17H18BrN3O2/c1-17(2,3)21-16(23)11-4-6-14(7-5-11)20-15(22)12-8-13(18)10-19-9-12/h4-10H,1-3H3,(H,20,22)(H,21,23). The zero-order valence-electron chi connectivity index (χ0n) is 13.2. The van der Waals surface area contributed by atoms with Crippen LogP contribution in [0.5, 0.6) is 0 Å². The van der Waals surface area contributed by atoms with E-state index in [2.05, 4.69) is 31.5 Å². The number of hydrogen-bond donors (Lipinski definition) is 2. The summed E-state index contributed by atoms with van der Waals surface area (Å²) in [7, 11) is 0. The second kappa shape index (κ2) is 6.91. The minimum absolute atomic E-state index is 0.147. The van der Waals surface area contributed by atoms with Crippen LogP contribution in [0.15, 0.2) is 47.2 Å². The zero-order valence-corrected chi connectivity index (χ0v) is 14.8. The summed E-state index contributed by atoms with van der Waals surface area (Å²) in [5.41, 5.74) is 1.32. The monoisotopic (exact) mass is 375 g/mol. The van der Waals surface area contributed by atoms with Crippen molar-refractivity contribution in [2.24, 2.45) is 0 Å². The summed E-state index contributed by atoms with van der Waals surface area (Å²) >= 11 is 3.28. The molecule has 0 saturated carbocycles. The molecule has 0 atom stereocenters. The van der Waals surface area contributed by atoms with Gasteiger partial charge in [-0.2, -0.15) is 0 Å². The first kappa shape index (κ1) is 17.1. The van der Waals surface area contributed by atoms with Crippen molar-refractivity contribution in [1.29, 1.82) is 0 Å². The van der Waals surface area contributed by atoms with Crippen molar-refractivity contribution in [2.75, 3.05) is 5.32 Å². The number of benzene rings is 1. The minimum Gasteiger partial charge on any atom is -0.347 e. The lowest BCUT2D eigenvalue weighted by atomic mass is 10.1. The molecule has 0 bridgehead atoms. The van der Waals surface area contributed by atoms with Crippen molar-refractivity contribution < 1.29 is 9.59 Å². The number of amides is 2. The summed E-state index contributed by atoms with van der Waals surface area (Å²) < 4.78 is 0.736. The molecule has 0 spiro atoms. The number of hydrogen-bond acceptors (Lipinski definition) is 3. The largest absolute Gasteiger partial charge is 0.347 e. The van der Waals surface area contributed by atoms with Gasteiger partial charge in [-0.1, -0.05) is 0 Å². The number of nitrogens with zero attached hydrogens (tertiary/aromatic N) is 1. The second-order valence-electron chi connectivity index (χ2n) is 6.13. The molecule has 5 nitrogen and oxygen atoms in total. The third kappa shape index (κ3) is 5.17. The van der Waals surface area contributed by atoms with Crippen molar-refractivity contribution >= 4 is 33.4 Å². The first-order chi connectivity index (χ1) is 10.7. The van der Waals surface area contributed by atoms with Crippen molar-refractivity contribution in [3.05, 3.63) is 58.3 Å². The smallest absolute Gasteiger partial charge is 0.257 e. The first-order valence-corrected chi connectivity index (χ1v) is 7.88. The Bertz CT molecular complexity index is 721. The third-order valence-corrected chi connectivity index (χ3v) is 3.29. The summed E-state index contributed by atoms with van der Waals surface area (Å²) in [4.78, 5) is 28.1. The van der Waals surface area contributed by atoms with Crippen LogP contribution in [0.2, 0.25) is 0 Å². The Morgan fingerprint density at radius 2 is 1.65 bits per heavy atom. The van der Waals surface area contributed by atoms with Gasteiger partial charge in [0.25, 0.3) is 11.8 Å². The van der Waals surface area contributed by atoms with Crippen LogP contribution in [-0.4, -0.2) is 22.3 Å². The number of rotatable bonds is 3. The van der Waals surface area contributed by atoms with Crippen LogP contribution in [-0.2, 0) is 0 Å². The molecular formula is C17H18BrN3O2. The van der Waals surface area contributed by atoms with Crippen LogP contribution >= 0.6 is 15.9 Å². The molecule has 23 heavy (non-hydrogen) atoms. The summed E-state index contributed by atoms with van der Waals surface area (Å²) in [5.74, 6) is -0.405. The molecule has 2 aromatic rings. The Hall–Kier alpha value is -2.21. The maximum Gasteiger partial charge on any atom is 0.257 e. The lowest BCUT2D eigenvalue weighted by Gasteiger charge is -2.20. The van der Waals surface area contributed by atoms with Gasteiger partial charge in [-0.3, -0.25) is 14.6 Å². The number of carbonyl (C=O) groups is 2. The van der Waals surface area contributed by atoms with Gasteiger partial charge < -0.3 is 10.6 Å². The fraction of sp³-hybridized carbons (Fsp3) is 0.235. The predicted octanol–water partition coefficient (Wildman–Crippen LogP) is 3.62. The van der Waals surface area contributed by atoms with Gasteiger partial charge in [0.15, 0.2) is 0 Å². The van der Waals surface area contributed by atoms with E-state index in [4.69, 9.17) is 0 Å². The lowest BCUT2D eigenvalue weighted by molar-refractivity contribution is 0.0919. The predicted molar refractivity (Wildman–Crippen MR) is 93.6 cm³/mol. The number of aromatic nitrogens is 1. The maximum absolute atomic E-state index is 12.1. The topological polar surface area (TPSA) is 71.1 Å². The van der Waals surface area contributed by atoms with Crippen LogP contribution in [0.3, 0.4) is 0 Å². The molecule has 120 valence electrons. The molecular weight excluding hydrogens is 358 g/mol. The average molecular weight is 376 g/mol. The molecule has 2 amide bonds. The fourth-order valence-corrected chi connectivity index (χ4v) is 2.22. The fourth-order valence-electron chi connectivity index (χ4n) is 1.86. The first-order valence-electron chi connectivity index (χ1n) is 7.09. The molecule has 0 radical (unpaired) electrons. The third-order valence-electron chi connectivity index (χ3n) is 2.86. The molecule has 0 aliphatic carbocycles. The Labute approximate surface area is 143 Å². The van der Waals surface area contributed by atoms with Gasteiger partial charge in [0.1, 0.15) is 0 Å². The summed E-state index contributed by atoms with van der Waals surface area (Å²) in [6, 6.07) is 8.43. The van der Waals surface area contributed by atoms with Gasteiger partial charge in [-0.25, -0.2) is 0 Å². The Morgan fingerprint density at radius 1 is 1.00 bits per heavy atom. The van der Waals surface area contributed by atoms with Crippen molar-refractivity contribution in [3.8, 4) is 0 Å². The molecule has 0 aliphatic heterocycles. The van der Waals surface area contributed by atoms with Crippen LogP contribution in [0.4, 0.5) is 5.69 Å². The van der Waals surface area contributed by atoms with Crippen molar-refractivity contribution in [2.45, 2.75) is 26.3 Å². The van der Waals surface area contributed by atoms with E-state index in [0.29, 0.717) is 16.8 Å². The van der Waals surface area contributed by atoms with Crippen LogP contribution in [0.1, 0.15) is 41.5 Å². The van der Waals surface area contributed by atoms with Gasteiger partial charge in [-0.15, -0.1) is 0 Å². The Kier molecular flexibility index (Phi) is 5.15. The van der Waals surface area contributed by atoms with Crippen LogP contribution in [0.25, 0.3) is 0 Å². The highest BCUT2D eigenvalue weighted by molar-refractivity contribution is 9.10. The maximum atomic E-state index is 12.1. The van der Waals surface area contributed by atoms with Gasteiger partial charge in [0, 0.05) is 33.7 Å². The van der Waals surface area contributed by atoms with Crippen LogP contribution < -0.4 is 10.6 Å². The number of halogens is 1. The molecule has 0 saturated heterocycles. The highest BCUT2D eigenvalue weighted by Gasteiger charge is 2.15. The van der Waals surface area contributed by atoms with E-state index < -0.39 is 0 Å². The number of nitrogens with one attached hydrogen (secondary N) is 2. The van der Waals surface area contributed by atoms with E-state index in [1.807, 2.05) is 20.8 Å². The summed E-state index contributed by atoms with van der Waals surface area (Å²) in [5, 5.41) is 5.66. The van der Waals surface area contributed by atoms with E-state index in [9.17, 15) is 9.59 Å². The van der Waals surface area contributed by atoms with E-state index in [0.717, 1.165) is 4.47 Å². The van der Waals surface area contributed by atoms with E-state index in [1.165, 1.54) is 6.20 Å². The van der Waals surface area contributed by atoms with E-state index >= 15 is 0 Å². The summed E-state index contributed by atoms with van der Waals surface area (Å²) in [6.07, 6.45) is 3.10. The highest BCUT2D eigenvalue weighted by atomic mass is 79.9. The molecule has 0 aliphatic rings. The van der Waals surface area contributed by atoms with Gasteiger partial charge in [-0.05, 0) is 67.0 Å². The number of carbonyl (C=O) groups excluding carboxylic acids is 2. The molecule has 6 heteroatoms. The van der Waals surface area contributed by atoms with E-state index in [1.54, 1.807) is 36.5 Å². The average Bonchev–Trinajstić information content (AvgIpc) is 2.46. The Balaban J connectivity index is 2.05. The SMILES string of the molecule is CC(C)(C)NC(=O)c1ccc(NC(=O)c2cncc(Br)c2)cc1. The quantitative estimate of drug-likeness (QED) is 0.860. The zero-order chi connectivity index (χ0) is 17.0.